The Morgan fingerprint density at radius 2 is 0.750 bits per heavy atom. The van der Waals surface area contributed by atoms with Crippen molar-refractivity contribution in [3.05, 3.63) is 211 Å². The third-order valence-electron chi connectivity index (χ3n) is 10.7. The molecule has 248 valence electrons. The summed E-state index contributed by atoms with van der Waals surface area (Å²) in [7, 11) is 0. The molecule has 8 aromatic rings. The Balaban J connectivity index is 1.24. The third kappa shape index (κ3) is 5.43. The van der Waals surface area contributed by atoms with Crippen LogP contribution in [0, 0.1) is 0 Å². The van der Waals surface area contributed by atoms with Crippen molar-refractivity contribution in [1.29, 1.82) is 0 Å². The largest absolute Gasteiger partial charge is 0.310 e. The third-order valence-corrected chi connectivity index (χ3v) is 10.7. The second kappa shape index (κ2) is 13.0. The fourth-order valence-corrected chi connectivity index (χ4v) is 8.13. The zero-order valence-corrected chi connectivity index (χ0v) is 29.5. The summed E-state index contributed by atoms with van der Waals surface area (Å²) in [6, 6.07) is 72.8. The monoisotopic (exact) mass is 665 g/mol. The van der Waals surface area contributed by atoms with Crippen LogP contribution < -0.4 is 4.90 Å². The molecule has 0 saturated heterocycles. The highest BCUT2D eigenvalue weighted by Crippen LogP contribution is 2.51. The van der Waals surface area contributed by atoms with Gasteiger partial charge in [0.15, 0.2) is 0 Å². The van der Waals surface area contributed by atoms with Crippen molar-refractivity contribution in [3.63, 3.8) is 0 Å². The Kier molecular flexibility index (Phi) is 7.90. The molecule has 0 saturated carbocycles. The summed E-state index contributed by atoms with van der Waals surface area (Å²) in [5, 5.41) is 0. The summed E-state index contributed by atoms with van der Waals surface area (Å²) in [6.07, 6.45) is 0. The second-order valence-corrected chi connectivity index (χ2v) is 14.1. The summed E-state index contributed by atoms with van der Waals surface area (Å²) < 4.78 is 0. The van der Waals surface area contributed by atoms with Crippen molar-refractivity contribution < 1.29 is 0 Å². The highest BCUT2D eigenvalue weighted by Gasteiger charge is 2.36. The summed E-state index contributed by atoms with van der Waals surface area (Å²) in [4.78, 5) is 2.45. The summed E-state index contributed by atoms with van der Waals surface area (Å²) >= 11 is 0. The number of para-hydroxylation sites is 1. The average Bonchev–Trinajstić information content (AvgIpc) is 3.44. The lowest BCUT2D eigenvalue weighted by Gasteiger charge is -2.30. The number of fused-ring (bicyclic) bond motifs is 3. The van der Waals surface area contributed by atoms with Gasteiger partial charge in [0.2, 0.25) is 0 Å². The van der Waals surface area contributed by atoms with E-state index in [2.05, 4.69) is 219 Å². The Bertz CT molecular complexity index is 2530. The molecule has 0 spiro atoms. The molecule has 0 radical (unpaired) electrons. The van der Waals surface area contributed by atoms with E-state index in [0.717, 1.165) is 17.1 Å². The van der Waals surface area contributed by atoms with Crippen LogP contribution >= 0.6 is 0 Å². The SMILES string of the molecule is CC1(C)c2ccccc2-c2ccc(N(c3ccc(-c4ccccc4)cc3)c3ccccc3-c3ccccc3-c3ccccc3-c3ccccc3)cc21. The molecule has 0 fully saturated rings. The predicted octanol–water partition coefficient (Wildman–Crippen LogP) is 14.1. The summed E-state index contributed by atoms with van der Waals surface area (Å²) in [5.41, 5.74) is 18.3. The van der Waals surface area contributed by atoms with E-state index in [1.54, 1.807) is 0 Å². The fraction of sp³-hybridized carbons (Fsp3) is 0.0588. The lowest BCUT2D eigenvalue weighted by molar-refractivity contribution is 0.660. The van der Waals surface area contributed by atoms with Crippen molar-refractivity contribution in [2.75, 3.05) is 4.90 Å². The van der Waals surface area contributed by atoms with Gasteiger partial charge in [0, 0.05) is 22.4 Å². The van der Waals surface area contributed by atoms with E-state index in [9.17, 15) is 0 Å². The molecule has 52 heavy (non-hydrogen) atoms. The van der Waals surface area contributed by atoms with E-state index in [-0.39, 0.29) is 5.41 Å². The van der Waals surface area contributed by atoms with E-state index in [0.29, 0.717) is 0 Å². The normalized spacial score (nSPS) is 12.6. The van der Waals surface area contributed by atoms with Crippen molar-refractivity contribution in [1.82, 2.24) is 0 Å². The number of benzene rings is 8. The van der Waals surface area contributed by atoms with Gasteiger partial charge in [0.1, 0.15) is 0 Å². The molecule has 0 aliphatic heterocycles. The molecule has 1 nitrogen and oxygen atoms in total. The molecule has 0 N–H and O–H groups in total. The lowest BCUT2D eigenvalue weighted by Crippen LogP contribution is -2.17. The first-order valence-corrected chi connectivity index (χ1v) is 18.1. The molecule has 0 atom stereocenters. The topological polar surface area (TPSA) is 3.24 Å². The standard InChI is InChI=1S/C51H39N/c1-51(2)48-27-15-13-25-45(48)46-34-33-40(35-49(46)51)52(39-31-29-37(30-32-39)36-17-5-3-6-18-36)50-28-16-14-26-47(50)44-24-12-11-23-43(44)42-22-10-9-21-41(42)38-19-7-4-8-20-38/h3-35H,1-2H3. The van der Waals surface area contributed by atoms with E-state index in [4.69, 9.17) is 0 Å². The van der Waals surface area contributed by atoms with Gasteiger partial charge in [-0.1, -0.05) is 184 Å². The van der Waals surface area contributed by atoms with E-state index >= 15 is 0 Å². The van der Waals surface area contributed by atoms with Crippen LogP contribution in [0.15, 0.2) is 200 Å². The average molecular weight is 666 g/mol. The molecule has 0 unspecified atom stereocenters. The first-order valence-electron chi connectivity index (χ1n) is 18.1. The Morgan fingerprint density at radius 1 is 0.308 bits per heavy atom. The minimum Gasteiger partial charge on any atom is -0.310 e. The lowest BCUT2D eigenvalue weighted by atomic mass is 9.82. The van der Waals surface area contributed by atoms with E-state index in [1.165, 1.54) is 66.8 Å². The van der Waals surface area contributed by atoms with E-state index < -0.39 is 0 Å². The van der Waals surface area contributed by atoms with Gasteiger partial charge < -0.3 is 4.90 Å². The second-order valence-electron chi connectivity index (χ2n) is 14.1. The molecular formula is C51H39N. The number of hydrogen-bond acceptors (Lipinski definition) is 1. The quantitative estimate of drug-likeness (QED) is 0.164. The van der Waals surface area contributed by atoms with Gasteiger partial charge in [-0.15, -0.1) is 0 Å². The Hall–Kier alpha value is -6.44. The molecular weight excluding hydrogens is 627 g/mol. The van der Waals surface area contributed by atoms with Crippen molar-refractivity contribution in [2.24, 2.45) is 0 Å². The van der Waals surface area contributed by atoms with Crippen molar-refractivity contribution in [2.45, 2.75) is 19.3 Å². The highest BCUT2D eigenvalue weighted by molar-refractivity contribution is 5.97. The molecule has 0 heterocycles. The molecule has 8 aromatic carbocycles. The van der Waals surface area contributed by atoms with Crippen LogP contribution in [0.5, 0.6) is 0 Å². The zero-order chi connectivity index (χ0) is 35.1. The minimum atomic E-state index is -0.113. The summed E-state index contributed by atoms with van der Waals surface area (Å²) in [6.45, 7) is 4.71. The first kappa shape index (κ1) is 31.5. The molecule has 1 heteroatoms. The van der Waals surface area contributed by atoms with Crippen LogP contribution in [-0.2, 0) is 5.41 Å². The van der Waals surface area contributed by atoms with Gasteiger partial charge in [-0.2, -0.15) is 0 Å². The van der Waals surface area contributed by atoms with Crippen LogP contribution in [-0.4, -0.2) is 0 Å². The zero-order valence-electron chi connectivity index (χ0n) is 29.5. The van der Waals surface area contributed by atoms with Gasteiger partial charge in [0.25, 0.3) is 0 Å². The molecule has 0 bridgehead atoms. The van der Waals surface area contributed by atoms with Gasteiger partial charge in [0.05, 0.1) is 5.69 Å². The predicted molar refractivity (Wildman–Crippen MR) is 220 cm³/mol. The number of rotatable bonds is 7. The van der Waals surface area contributed by atoms with Crippen LogP contribution in [0.1, 0.15) is 25.0 Å². The summed E-state index contributed by atoms with van der Waals surface area (Å²) in [5.74, 6) is 0. The highest BCUT2D eigenvalue weighted by atomic mass is 15.1. The molecule has 1 aliphatic rings. The Labute approximate surface area is 307 Å². The van der Waals surface area contributed by atoms with Gasteiger partial charge in [-0.25, -0.2) is 0 Å². The molecule has 0 amide bonds. The van der Waals surface area contributed by atoms with E-state index in [1.807, 2.05) is 0 Å². The number of anilines is 3. The molecule has 1 aliphatic carbocycles. The Morgan fingerprint density at radius 3 is 1.42 bits per heavy atom. The number of hydrogen-bond donors (Lipinski definition) is 0. The van der Waals surface area contributed by atoms with Gasteiger partial charge in [-0.3, -0.25) is 0 Å². The maximum atomic E-state index is 2.45. The number of nitrogens with zero attached hydrogens (tertiary/aromatic N) is 1. The van der Waals surface area contributed by atoms with Crippen LogP contribution in [0.25, 0.3) is 55.6 Å². The fourth-order valence-electron chi connectivity index (χ4n) is 8.13. The van der Waals surface area contributed by atoms with Crippen molar-refractivity contribution in [3.8, 4) is 55.6 Å². The van der Waals surface area contributed by atoms with Crippen molar-refractivity contribution >= 4 is 17.1 Å². The maximum Gasteiger partial charge on any atom is 0.0540 e. The van der Waals surface area contributed by atoms with Gasteiger partial charge in [-0.05, 0) is 91.5 Å². The van der Waals surface area contributed by atoms with Crippen LogP contribution in [0.4, 0.5) is 17.1 Å². The molecule has 0 aromatic heterocycles. The minimum absolute atomic E-state index is 0.113. The smallest absolute Gasteiger partial charge is 0.0540 e. The van der Waals surface area contributed by atoms with Crippen LogP contribution in [0.3, 0.4) is 0 Å². The van der Waals surface area contributed by atoms with Gasteiger partial charge >= 0.3 is 0 Å². The maximum absolute atomic E-state index is 2.45. The first-order chi connectivity index (χ1) is 25.6. The van der Waals surface area contributed by atoms with Crippen LogP contribution in [0.2, 0.25) is 0 Å². The molecule has 9 rings (SSSR count).